The molecule has 0 atom stereocenters. The van der Waals surface area contributed by atoms with Gasteiger partial charge in [0.15, 0.2) is 0 Å². The third-order valence-corrected chi connectivity index (χ3v) is 7.21. The molecule has 8 heteroatoms. The van der Waals surface area contributed by atoms with Gasteiger partial charge < -0.3 is 14.7 Å². The summed E-state index contributed by atoms with van der Waals surface area (Å²) in [6.07, 6.45) is 3.95. The molecule has 0 radical (unpaired) electrons. The van der Waals surface area contributed by atoms with Crippen molar-refractivity contribution in [2.45, 2.75) is 47.3 Å². The molecule has 0 unspecified atom stereocenters. The molecule has 2 fully saturated rings. The Hall–Kier alpha value is -1.93. The molecule has 1 heterocycles. The van der Waals surface area contributed by atoms with Gasteiger partial charge in [-0.1, -0.05) is 6.07 Å². The number of anilines is 2. The first kappa shape index (κ1) is 21.3. The number of alkyl halides is 2. The van der Waals surface area contributed by atoms with Gasteiger partial charge in [0.1, 0.15) is 0 Å². The quantitative estimate of drug-likeness (QED) is 0.379. The number of benzene rings is 2. The Morgan fingerprint density at radius 1 is 1.17 bits per heavy atom. The number of carboxylic acid groups (broad SMARTS) is 1. The van der Waals surface area contributed by atoms with Crippen molar-refractivity contribution >= 4 is 41.1 Å². The summed E-state index contributed by atoms with van der Waals surface area (Å²) in [4.78, 5) is 15.4. The van der Waals surface area contributed by atoms with E-state index in [-0.39, 0.29) is 18.4 Å². The number of piperidine rings is 1. The first-order valence-electron chi connectivity index (χ1n) is 9.97. The van der Waals surface area contributed by atoms with Crippen LogP contribution < -0.4 is 9.62 Å². The van der Waals surface area contributed by atoms with Crippen molar-refractivity contribution < 1.29 is 18.7 Å². The van der Waals surface area contributed by atoms with E-state index in [0.29, 0.717) is 19.0 Å². The Kier molecular flexibility index (Phi) is 6.16. The molecule has 1 saturated carbocycles. The molecule has 1 aliphatic heterocycles. The van der Waals surface area contributed by atoms with Crippen LogP contribution in [0.1, 0.15) is 47.5 Å². The summed E-state index contributed by atoms with van der Waals surface area (Å²) in [5.74, 6) is -3.05. The maximum atomic E-state index is 13.6. The van der Waals surface area contributed by atoms with Crippen LogP contribution >= 0.6 is 23.7 Å². The summed E-state index contributed by atoms with van der Waals surface area (Å²) in [6, 6.07) is 11.3. The number of halogens is 2. The maximum Gasteiger partial charge on any atom is 0.335 e. The molecular formula is C22H24F2N2O2S2. The third-order valence-electron chi connectivity index (χ3n) is 5.59. The van der Waals surface area contributed by atoms with Crippen LogP contribution in [0.5, 0.6) is 0 Å². The molecule has 2 aliphatic rings. The fourth-order valence-corrected chi connectivity index (χ4v) is 5.03. The van der Waals surface area contributed by atoms with Crippen molar-refractivity contribution in [1.29, 1.82) is 0 Å². The molecule has 2 N–H and O–H groups in total. The first-order chi connectivity index (χ1) is 14.4. The van der Waals surface area contributed by atoms with Crippen molar-refractivity contribution in [1.82, 2.24) is 0 Å². The standard InChI is InChI=1S/C22H24F2N2O2S2/c1-29-16-5-7-19(26-10-8-22(23,24)9-11-26)18(13-16)25-30-20-12-15(21(27)28)4-6-17(20)14-2-3-14/h4-7,12-14,25H,2-3,8-11H2,1H3,(H,27,28). The summed E-state index contributed by atoms with van der Waals surface area (Å²) in [7, 11) is 0. The number of thioether (sulfide) groups is 1. The number of nitrogens with one attached hydrogen (secondary N) is 1. The summed E-state index contributed by atoms with van der Waals surface area (Å²) in [6.45, 7) is 0.625. The number of aromatic carboxylic acids is 1. The van der Waals surface area contributed by atoms with Gasteiger partial charge in [0.25, 0.3) is 5.92 Å². The molecule has 30 heavy (non-hydrogen) atoms. The Bertz CT molecular complexity index is 941. The summed E-state index contributed by atoms with van der Waals surface area (Å²) in [5, 5.41) is 9.36. The second-order valence-electron chi connectivity index (χ2n) is 7.76. The molecule has 0 spiro atoms. The van der Waals surface area contributed by atoms with Gasteiger partial charge in [0, 0.05) is 35.7 Å². The minimum Gasteiger partial charge on any atom is -0.478 e. The van der Waals surface area contributed by atoms with Crippen LogP contribution in [0.4, 0.5) is 20.2 Å². The zero-order valence-corrected chi connectivity index (χ0v) is 18.3. The Labute approximate surface area is 183 Å². The van der Waals surface area contributed by atoms with Crippen LogP contribution in [0.15, 0.2) is 46.2 Å². The van der Waals surface area contributed by atoms with Crippen molar-refractivity contribution in [3.63, 3.8) is 0 Å². The molecular weight excluding hydrogens is 426 g/mol. The van der Waals surface area contributed by atoms with Crippen LogP contribution in [-0.4, -0.2) is 36.3 Å². The molecule has 0 bridgehead atoms. The topological polar surface area (TPSA) is 52.6 Å². The van der Waals surface area contributed by atoms with E-state index in [4.69, 9.17) is 0 Å². The predicted octanol–water partition coefficient (Wildman–Crippen LogP) is 6.34. The maximum absolute atomic E-state index is 13.6. The highest BCUT2D eigenvalue weighted by atomic mass is 32.2. The molecule has 1 aliphatic carbocycles. The van der Waals surface area contributed by atoms with E-state index in [2.05, 4.69) is 4.72 Å². The van der Waals surface area contributed by atoms with E-state index < -0.39 is 11.9 Å². The number of carboxylic acids is 1. The lowest BCUT2D eigenvalue weighted by atomic mass is 10.1. The summed E-state index contributed by atoms with van der Waals surface area (Å²) < 4.78 is 30.6. The predicted molar refractivity (Wildman–Crippen MR) is 119 cm³/mol. The summed E-state index contributed by atoms with van der Waals surface area (Å²) in [5.41, 5.74) is 3.19. The van der Waals surface area contributed by atoms with Gasteiger partial charge >= 0.3 is 5.97 Å². The second kappa shape index (κ2) is 8.67. The van der Waals surface area contributed by atoms with E-state index in [9.17, 15) is 18.7 Å². The van der Waals surface area contributed by atoms with Gasteiger partial charge in [-0.25, -0.2) is 13.6 Å². The van der Waals surface area contributed by atoms with Crippen molar-refractivity contribution in [2.24, 2.45) is 0 Å². The number of nitrogens with zero attached hydrogens (tertiary/aromatic N) is 1. The van der Waals surface area contributed by atoms with Crippen molar-refractivity contribution in [3.8, 4) is 0 Å². The van der Waals surface area contributed by atoms with Crippen LogP contribution in [0, 0.1) is 0 Å². The molecule has 1 saturated heterocycles. The number of carbonyl (C=O) groups is 1. The van der Waals surface area contributed by atoms with E-state index in [1.807, 2.05) is 35.4 Å². The second-order valence-corrected chi connectivity index (χ2v) is 9.49. The van der Waals surface area contributed by atoms with Crippen LogP contribution in [0.3, 0.4) is 0 Å². The molecule has 2 aromatic carbocycles. The average Bonchev–Trinajstić information content (AvgIpc) is 3.57. The molecule has 4 nitrogen and oxygen atoms in total. The normalized spacial score (nSPS) is 18.3. The molecule has 0 amide bonds. The van der Waals surface area contributed by atoms with E-state index >= 15 is 0 Å². The van der Waals surface area contributed by atoms with E-state index in [1.165, 1.54) is 11.9 Å². The highest BCUT2D eigenvalue weighted by molar-refractivity contribution is 8.00. The lowest BCUT2D eigenvalue weighted by Gasteiger charge is -2.34. The van der Waals surface area contributed by atoms with Gasteiger partial charge in [-0.15, -0.1) is 11.8 Å². The fraction of sp³-hybridized carbons (Fsp3) is 0.409. The Morgan fingerprint density at radius 3 is 2.53 bits per heavy atom. The number of rotatable bonds is 7. The average molecular weight is 451 g/mol. The monoisotopic (exact) mass is 450 g/mol. The SMILES string of the molecule is CSc1ccc(N2CCC(F)(F)CC2)c(NSc2cc(C(=O)O)ccc2C2CC2)c1. The van der Waals surface area contributed by atoms with Crippen molar-refractivity contribution in [3.05, 3.63) is 47.5 Å². The zero-order valence-electron chi connectivity index (χ0n) is 16.7. The highest BCUT2D eigenvalue weighted by Crippen LogP contribution is 2.45. The zero-order chi connectivity index (χ0) is 21.3. The number of hydrogen-bond acceptors (Lipinski definition) is 5. The molecule has 2 aromatic rings. The molecule has 4 rings (SSSR count). The summed E-state index contributed by atoms with van der Waals surface area (Å²) >= 11 is 3.02. The fourth-order valence-electron chi connectivity index (χ4n) is 3.67. The lowest BCUT2D eigenvalue weighted by molar-refractivity contribution is -0.0220. The largest absolute Gasteiger partial charge is 0.478 e. The number of hydrogen-bond donors (Lipinski definition) is 2. The minimum absolute atomic E-state index is 0.143. The lowest BCUT2D eigenvalue weighted by Crippen LogP contribution is -2.39. The van der Waals surface area contributed by atoms with Gasteiger partial charge in [-0.2, -0.15) is 0 Å². The van der Waals surface area contributed by atoms with E-state index in [1.54, 1.807) is 23.9 Å². The van der Waals surface area contributed by atoms with Gasteiger partial charge in [0.2, 0.25) is 0 Å². The van der Waals surface area contributed by atoms with Gasteiger partial charge in [0.05, 0.1) is 16.9 Å². The van der Waals surface area contributed by atoms with Gasteiger partial charge in [-0.05, 0) is 72.9 Å². The van der Waals surface area contributed by atoms with Crippen LogP contribution in [0.25, 0.3) is 0 Å². The highest BCUT2D eigenvalue weighted by Gasteiger charge is 2.34. The van der Waals surface area contributed by atoms with E-state index in [0.717, 1.165) is 39.6 Å². The Balaban J connectivity index is 1.58. The van der Waals surface area contributed by atoms with Gasteiger partial charge in [-0.3, -0.25) is 0 Å². The Morgan fingerprint density at radius 2 is 1.90 bits per heavy atom. The minimum atomic E-state index is -2.59. The smallest absolute Gasteiger partial charge is 0.335 e. The molecule has 160 valence electrons. The van der Waals surface area contributed by atoms with Crippen LogP contribution in [0.2, 0.25) is 0 Å². The first-order valence-corrected chi connectivity index (χ1v) is 12.0. The molecule has 0 aromatic heterocycles. The van der Waals surface area contributed by atoms with Crippen LogP contribution in [-0.2, 0) is 0 Å². The van der Waals surface area contributed by atoms with Crippen molar-refractivity contribution in [2.75, 3.05) is 29.0 Å². The third kappa shape index (κ3) is 4.86.